The molecule has 1 fully saturated rings. The molecular formula is C61H117NO10. The fourth-order valence-electron chi connectivity index (χ4n) is 9.97. The average Bonchev–Trinajstić information content (AvgIpc) is 3.38. The molecule has 0 spiro atoms. The molecule has 9 unspecified atom stereocenters. The molecule has 0 bridgehead atoms. The summed E-state index contributed by atoms with van der Waals surface area (Å²) < 4.78 is 11.1. The van der Waals surface area contributed by atoms with Crippen LogP contribution in [0.5, 0.6) is 0 Å². The molecule has 426 valence electrons. The zero-order valence-corrected chi connectivity index (χ0v) is 46.7. The van der Waals surface area contributed by atoms with Gasteiger partial charge in [-0.05, 0) is 64.2 Å². The SMILES string of the molecule is CCCCCCCCCCCCCC/C=C\CCCCCCCCCCC(O)C(=O)NC(COC1OC(CO)C(O)C(O)C1O)C(O)C(O)CCC/C=C/CCCCCCCCCCCCCCCCCC. The van der Waals surface area contributed by atoms with E-state index in [1.165, 1.54) is 205 Å². The third-order valence-electron chi connectivity index (χ3n) is 15.0. The van der Waals surface area contributed by atoms with Crippen molar-refractivity contribution < 1.29 is 50.0 Å². The van der Waals surface area contributed by atoms with Crippen LogP contribution in [0.2, 0.25) is 0 Å². The van der Waals surface area contributed by atoms with E-state index in [0.717, 1.165) is 44.9 Å². The molecule has 0 aliphatic carbocycles. The Bertz CT molecular complexity index is 1220. The first kappa shape index (κ1) is 68.6. The molecule has 11 nitrogen and oxygen atoms in total. The molecule has 1 heterocycles. The quantitative estimate of drug-likeness (QED) is 0.0215. The van der Waals surface area contributed by atoms with Gasteiger partial charge in [-0.15, -0.1) is 0 Å². The predicted octanol–water partition coefficient (Wildman–Crippen LogP) is 13.3. The summed E-state index contributed by atoms with van der Waals surface area (Å²) in [6.45, 7) is 3.48. The number of rotatable bonds is 53. The fourth-order valence-corrected chi connectivity index (χ4v) is 9.97. The fraction of sp³-hybridized carbons (Fsp3) is 0.918. The lowest BCUT2D eigenvalue weighted by Crippen LogP contribution is -2.60. The van der Waals surface area contributed by atoms with E-state index in [9.17, 15) is 40.5 Å². The Morgan fingerprint density at radius 1 is 0.472 bits per heavy atom. The number of ether oxygens (including phenoxy) is 2. The molecule has 1 amide bonds. The number of carbonyl (C=O) groups is 1. The first-order valence-electron chi connectivity index (χ1n) is 30.7. The number of unbranched alkanes of at least 4 members (excludes halogenated alkanes) is 37. The van der Waals surface area contributed by atoms with Crippen molar-refractivity contribution in [1.82, 2.24) is 5.32 Å². The van der Waals surface area contributed by atoms with Gasteiger partial charge in [-0.2, -0.15) is 0 Å². The highest BCUT2D eigenvalue weighted by molar-refractivity contribution is 5.80. The van der Waals surface area contributed by atoms with Crippen molar-refractivity contribution in [3.05, 3.63) is 24.3 Å². The first-order chi connectivity index (χ1) is 35.2. The monoisotopic (exact) mass is 1020 g/mol. The molecule has 1 aliphatic rings. The highest BCUT2D eigenvalue weighted by Crippen LogP contribution is 2.23. The third kappa shape index (κ3) is 38.2. The number of nitrogens with one attached hydrogen (secondary N) is 1. The van der Waals surface area contributed by atoms with Crippen LogP contribution in [0.25, 0.3) is 0 Å². The van der Waals surface area contributed by atoms with Crippen LogP contribution in [-0.2, 0) is 14.3 Å². The number of carbonyl (C=O) groups excluding carboxylic acids is 1. The van der Waals surface area contributed by atoms with Crippen LogP contribution >= 0.6 is 0 Å². The Labute approximate surface area is 442 Å². The Hall–Kier alpha value is -1.41. The van der Waals surface area contributed by atoms with Crippen LogP contribution in [-0.4, -0.2) is 110 Å². The Morgan fingerprint density at radius 2 is 0.819 bits per heavy atom. The van der Waals surface area contributed by atoms with Gasteiger partial charge in [0.1, 0.15) is 36.6 Å². The Balaban J connectivity index is 2.30. The van der Waals surface area contributed by atoms with Crippen molar-refractivity contribution in [1.29, 1.82) is 0 Å². The average molecular weight is 1020 g/mol. The maximum Gasteiger partial charge on any atom is 0.249 e. The number of aliphatic hydroxyl groups excluding tert-OH is 7. The van der Waals surface area contributed by atoms with Crippen molar-refractivity contribution in [2.24, 2.45) is 0 Å². The molecule has 0 aromatic carbocycles. The lowest BCUT2D eigenvalue weighted by atomic mass is 9.98. The van der Waals surface area contributed by atoms with Crippen molar-refractivity contribution in [3.63, 3.8) is 0 Å². The molecule has 0 aromatic rings. The molecule has 0 radical (unpaired) electrons. The largest absolute Gasteiger partial charge is 0.394 e. The van der Waals surface area contributed by atoms with Crippen LogP contribution in [0.3, 0.4) is 0 Å². The van der Waals surface area contributed by atoms with Gasteiger partial charge < -0.3 is 50.5 Å². The Kier molecular flexibility index (Phi) is 48.0. The van der Waals surface area contributed by atoms with E-state index in [1.54, 1.807) is 0 Å². The minimum Gasteiger partial charge on any atom is -0.394 e. The van der Waals surface area contributed by atoms with E-state index in [4.69, 9.17) is 9.47 Å². The van der Waals surface area contributed by atoms with Gasteiger partial charge in [0.25, 0.3) is 0 Å². The van der Waals surface area contributed by atoms with Crippen LogP contribution in [0.4, 0.5) is 0 Å². The van der Waals surface area contributed by atoms with E-state index >= 15 is 0 Å². The summed E-state index contributed by atoms with van der Waals surface area (Å²) in [5.74, 6) is -0.705. The molecule has 1 rings (SSSR count). The first-order valence-corrected chi connectivity index (χ1v) is 30.7. The number of aliphatic hydroxyl groups is 7. The summed E-state index contributed by atoms with van der Waals surface area (Å²) in [6.07, 6.45) is 49.5. The van der Waals surface area contributed by atoms with Gasteiger partial charge in [-0.25, -0.2) is 0 Å². The number of hydrogen-bond acceptors (Lipinski definition) is 10. The molecule has 0 saturated carbocycles. The number of allylic oxidation sites excluding steroid dienone is 4. The zero-order valence-electron chi connectivity index (χ0n) is 46.7. The van der Waals surface area contributed by atoms with Crippen molar-refractivity contribution in [2.45, 2.75) is 345 Å². The van der Waals surface area contributed by atoms with Gasteiger partial charge in [0.05, 0.1) is 25.4 Å². The second-order valence-electron chi connectivity index (χ2n) is 21.8. The standard InChI is InChI=1S/C61H117NO10/c1-3-5-7-9-11-13-15-17-19-21-23-25-26-27-29-31-33-35-37-39-41-43-45-47-49-54(65)60(70)62-52(51-71-61-59(69)58(68)57(67)55(50-63)72-61)56(66)53(64)48-46-44-42-40-38-36-34-32-30-28-24-22-20-18-16-14-12-10-8-6-4-2/h27,29,40,42,52-59,61,63-69H,3-26,28,30-39,41,43-51H2,1-2H3,(H,62,70)/b29-27-,42-40+. The van der Waals surface area contributed by atoms with E-state index in [1.807, 2.05) is 0 Å². The zero-order chi connectivity index (χ0) is 52.5. The molecule has 0 aromatic heterocycles. The number of amides is 1. The van der Waals surface area contributed by atoms with E-state index in [0.29, 0.717) is 12.8 Å². The van der Waals surface area contributed by atoms with Crippen molar-refractivity contribution >= 4 is 5.91 Å². The second-order valence-corrected chi connectivity index (χ2v) is 21.8. The summed E-state index contributed by atoms with van der Waals surface area (Å²) in [7, 11) is 0. The lowest BCUT2D eigenvalue weighted by Gasteiger charge is -2.40. The van der Waals surface area contributed by atoms with Crippen LogP contribution in [0.1, 0.15) is 290 Å². The van der Waals surface area contributed by atoms with Gasteiger partial charge in [-0.1, -0.05) is 250 Å². The van der Waals surface area contributed by atoms with E-state index in [-0.39, 0.29) is 12.8 Å². The second kappa shape index (κ2) is 50.4. The maximum absolute atomic E-state index is 13.2. The van der Waals surface area contributed by atoms with Crippen LogP contribution in [0.15, 0.2) is 24.3 Å². The van der Waals surface area contributed by atoms with Gasteiger partial charge in [-0.3, -0.25) is 4.79 Å². The van der Waals surface area contributed by atoms with Crippen molar-refractivity contribution in [3.8, 4) is 0 Å². The van der Waals surface area contributed by atoms with Crippen LogP contribution in [0, 0.1) is 0 Å². The molecule has 72 heavy (non-hydrogen) atoms. The molecule has 8 N–H and O–H groups in total. The highest BCUT2D eigenvalue weighted by atomic mass is 16.7. The number of hydrogen-bond donors (Lipinski definition) is 8. The molecule has 9 atom stereocenters. The minimum atomic E-state index is -1.67. The van der Waals surface area contributed by atoms with Crippen molar-refractivity contribution in [2.75, 3.05) is 13.2 Å². The topological polar surface area (TPSA) is 189 Å². The summed E-state index contributed by atoms with van der Waals surface area (Å²) in [5.41, 5.74) is 0. The smallest absolute Gasteiger partial charge is 0.249 e. The predicted molar refractivity (Wildman–Crippen MR) is 298 cm³/mol. The third-order valence-corrected chi connectivity index (χ3v) is 15.0. The van der Waals surface area contributed by atoms with Gasteiger partial charge in [0.15, 0.2) is 6.29 Å². The summed E-state index contributed by atoms with van der Waals surface area (Å²) in [5, 5.41) is 76.2. The Morgan fingerprint density at radius 3 is 1.19 bits per heavy atom. The minimum absolute atomic E-state index is 0.252. The normalized spacial score (nSPS) is 20.2. The van der Waals surface area contributed by atoms with Gasteiger partial charge in [0, 0.05) is 0 Å². The molecule has 1 aliphatic heterocycles. The molecular weight excluding hydrogens is 907 g/mol. The van der Waals surface area contributed by atoms with Crippen LogP contribution < -0.4 is 5.32 Å². The van der Waals surface area contributed by atoms with Gasteiger partial charge >= 0.3 is 0 Å². The maximum atomic E-state index is 13.2. The molecule has 11 heteroatoms. The summed E-state index contributed by atoms with van der Waals surface area (Å²) in [4.78, 5) is 13.2. The van der Waals surface area contributed by atoms with Gasteiger partial charge in [0.2, 0.25) is 5.91 Å². The van der Waals surface area contributed by atoms with E-state index < -0.39 is 74.2 Å². The van der Waals surface area contributed by atoms with E-state index in [2.05, 4.69) is 43.5 Å². The highest BCUT2D eigenvalue weighted by Gasteiger charge is 2.44. The molecule has 1 saturated heterocycles. The lowest BCUT2D eigenvalue weighted by molar-refractivity contribution is -0.303. The summed E-state index contributed by atoms with van der Waals surface area (Å²) >= 11 is 0. The summed E-state index contributed by atoms with van der Waals surface area (Å²) in [6, 6.07) is -1.19.